The van der Waals surface area contributed by atoms with E-state index >= 15 is 0 Å². The lowest BCUT2D eigenvalue weighted by atomic mass is 10.0. The summed E-state index contributed by atoms with van der Waals surface area (Å²) in [6.45, 7) is 3.42. The normalized spacial score (nSPS) is 26.9. The summed E-state index contributed by atoms with van der Waals surface area (Å²) in [5.74, 6) is -0.572. The minimum absolute atomic E-state index is 0.0506. The Kier molecular flexibility index (Phi) is 2.36. The quantitative estimate of drug-likeness (QED) is 0.853. The fourth-order valence-corrected chi connectivity index (χ4v) is 2.40. The first-order valence-electron chi connectivity index (χ1n) is 6.26. The van der Waals surface area contributed by atoms with Crippen LogP contribution in [-0.4, -0.2) is 22.6 Å². The zero-order chi connectivity index (χ0) is 13.8. The molecule has 0 spiro atoms. The fraction of sp³-hybridized carbons (Fsp3) is 0.429. The third-order valence-electron chi connectivity index (χ3n) is 3.70. The number of anilines is 1. The number of hydrogen-bond acceptors (Lipinski definition) is 3. The van der Waals surface area contributed by atoms with Crippen molar-refractivity contribution in [3.05, 3.63) is 23.8 Å². The minimum atomic E-state index is -0.877. The average molecular weight is 261 g/mol. The highest BCUT2D eigenvalue weighted by Gasteiger charge is 2.45. The zero-order valence-corrected chi connectivity index (χ0v) is 10.8. The number of amides is 1. The van der Waals surface area contributed by atoms with Gasteiger partial charge in [-0.05, 0) is 43.9 Å². The van der Waals surface area contributed by atoms with Gasteiger partial charge in [0.2, 0.25) is 0 Å². The molecule has 1 fully saturated rings. The lowest BCUT2D eigenvalue weighted by Gasteiger charge is -2.31. The number of nitrogens with one attached hydrogen (secondary N) is 1. The van der Waals surface area contributed by atoms with Crippen molar-refractivity contribution in [1.82, 2.24) is 0 Å². The van der Waals surface area contributed by atoms with Crippen LogP contribution in [0.1, 0.15) is 31.7 Å². The van der Waals surface area contributed by atoms with Gasteiger partial charge in [0, 0.05) is 0 Å². The van der Waals surface area contributed by atoms with E-state index in [0.717, 1.165) is 5.56 Å². The van der Waals surface area contributed by atoms with Crippen molar-refractivity contribution in [2.24, 2.45) is 5.92 Å². The van der Waals surface area contributed by atoms with Gasteiger partial charge in [-0.15, -0.1) is 0 Å². The maximum absolute atomic E-state index is 11.8. The number of benzene rings is 1. The SMILES string of the molecule is CC1(C)Oc2ccc(C3CC3C(=O)O)cc2NC1=O. The fourth-order valence-electron chi connectivity index (χ4n) is 2.40. The van der Waals surface area contributed by atoms with E-state index in [0.29, 0.717) is 17.9 Å². The molecule has 3 rings (SSSR count). The van der Waals surface area contributed by atoms with E-state index in [4.69, 9.17) is 9.84 Å². The van der Waals surface area contributed by atoms with Crippen molar-refractivity contribution in [3.8, 4) is 5.75 Å². The van der Waals surface area contributed by atoms with Crippen LogP contribution in [0.5, 0.6) is 5.75 Å². The molecule has 1 aromatic carbocycles. The van der Waals surface area contributed by atoms with Crippen LogP contribution in [0.4, 0.5) is 5.69 Å². The molecule has 1 heterocycles. The van der Waals surface area contributed by atoms with E-state index in [-0.39, 0.29) is 17.7 Å². The number of carboxylic acid groups (broad SMARTS) is 1. The zero-order valence-electron chi connectivity index (χ0n) is 10.8. The first kappa shape index (κ1) is 12.0. The number of aliphatic carboxylic acids is 1. The molecular weight excluding hydrogens is 246 g/mol. The molecule has 5 heteroatoms. The van der Waals surface area contributed by atoms with Gasteiger partial charge in [-0.1, -0.05) is 6.07 Å². The Balaban J connectivity index is 1.88. The standard InChI is InChI=1S/C14H15NO4/c1-14(2)13(18)15-10-5-7(3-4-11(10)19-14)8-6-9(8)12(16)17/h3-5,8-9H,6H2,1-2H3,(H,15,18)(H,16,17). The lowest BCUT2D eigenvalue weighted by Crippen LogP contribution is -2.45. The molecule has 1 aliphatic heterocycles. The molecule has 2 aliphatic rings. The molecule has 0 radical (unpaired) electrons. The molecule has 1 aliphatic carbocycles. The molecule has 19 heavy (non-hydrogen) atoms. The number of hydrogen-bond donors (Lipinski definition) is 2. The molecule has 0 aromatic heterocycles. The maximum Gasteiger partial charge on any atom is 0.307 e. The summed E-state index contributed by atoms with van der Waals surface area (Å²) in [7, 11) is 0. The summed E-state index contributed by atoms with van der Waals surface area (Å²) in [6, 6.07) is 5.49. The van der Waals surface area contributed by atoms with Crippen LogP contribution in [0, 0.1) is 5.92 Å². The lowest BCUT2D eigenvalue weighted by molar-refractivity contribution is -0.138. The molecule has 100 valence electrons. The van der Waals surface area contributed by atoms with E-state index in [2.05, 4.69) is 5.32 Å². The van der Waals surface area contributed by atoms with Gasteiger partial charge in [0.1, 0.15) is 5.75 Å². The molecule has 0 bridgehead atoms. The van der Waals surface area contributed by atoms with Crippen LogP contribution in [0.15, 0.2) is 18.2 Å². The van der Waals surface area contributed by atoms with Crippen LogP contribution in [0.3, 0.4) is 0 Å². The Bertz CT molecular complexity index is 579. The Hall–Kier alpha value is -2.04. The molecular formula is C14H15NO4. The number of ether oxygens (including phenoxy) is 1. The second-order valence-electron chi connectivity index (χ2n) is 5.61. The predicted molar refractivity (Wildman–Crippen MR) is 68.3 cm³/mol. The third kappa shape index (κ3) is 1.95. The van der Waals surface area contributed by atoms with Gasteiger partial charge in [-0.25, -0.2) is 0 Å². The Morgan fingerprint density at radius 2 is 2.21 bits per heavy atom. The summed E-state index contributed by atoms with van der Waals surface area (Å²) >= 11 is 0. The van der Waals surface area contributed by atoms with Gasteiger partial charge >= 0.3 is 5.97 Å². The number of rotatable bonds is 2. The number of fused-ring (bicyclic) bond motifs is 1. The first-order chi connectivity index (χ1) is 8.88. The highest BCUT2D eigenvalue weighted by molar-refractivity contribution is 6.00. The molecule has 5 nitrogen and oxygen atoms in total. The average Bonchev–Trinajstić information content (AvgIpc) is 3.10. The Morgan fingerprint density at radius 1 is 1.47 bits per heavy atom. The van der Waals surface area contributed by atoms with E-state index in [1.807, 2.05) is 12.1 Å². The first-order valence-corrected chi connectivity index (χ1v) is 6.26. The molecule has 1 amide bonds. The molecule has 2 N–H and O–H groups in total. The summed E-state index contributed by atoms with van der Waals surface area (Å²) in [5.41, 5.74) is 0.685. The molecule has 1 saturated carbocycles. The Labute approximate surface area is 110 Å². The van der Waals surface area contributed by atoms with E-state index in [1.54, 1.807) is 19.9 Å². The molecule has 0 saturated heterocycles. The Morgan fingerprint density at radius 3 is 2.84 bits per heavy atom. The van der Waals surface area contributed by atoms with Gasteiger partial charge in [0.15, 0.2) is 5.60 Å². The van der Waals surface area contributed by atoms with Gasteiger partial charge in [-0.3, -0.25) is 9.59 Å². The van der Waals surface area contributed by atoms with Gasteiger partial charge in [-0.2, -0.15) is 0 Å². The van der Waals surface area contributed by atoms with Crippen LogP contribution < -0.4 is 10.1 Å². The van der Waals surface area contributed by atoms with Crippen LogP contribution in [-0.2, 0) is 9.59 Å². The second kappa shape index (κ2) is 3.73. The molecule has 1 aromatic rings. The van der Waals surface area contributed by atoms with Crippen LogP contribution in [0.2, 0.25) is 0 Å². The molecule has 2 atom stereocenters. The highest BCUT2D eigenvalue weighted by Crippen LogP contribution is 2.49. The van der Waals surface area contributed by atoms with E-state index in [1.165, 1.54) is 0 Å². The van der Waals surface area contributed by atoms with E-state index in [9.17, 15) is 9.59 Å². The van der Waals surface area contributed by atoms with Crippen LogP contribution in [0.25, 0.3) is 0 Å². The van der Waals surface area contributed by atoms with Gasteiger partial charge in [0.25, 0.3) is 5.91 Å². The third-order valence-corrected chi connectivity index (χ3v) is 3.70. The van der Waals surface area contributed by atoms with E-state index < -0.39 is 11.6 Å². The topological polar surface area (TPSA) is 75.6 Å². The van der Waals surface area contributed by atoms with Gasteiger partial charge in [0.05, 0.1) is 11.6 Å². The maximum atomic E-state index is 11.8. The van der Waals surface area contributed by atoms with Crippen molar-refractivity contribution < 1.29 is 19.4 Å². The van der Waals surface area contributed by atoms with Crippen molar-refractivity contribution in [2.45, 2.75) is 31.8 Å². The summed E-state index contributed by atoms with van der Waals surface area (Å²) in [5, 5.41) is 11.7. The van der Waals surface area contributed by atoms with Crippen molar-refractivity contribution in [1.29, 1.82) is 0 Å². The van der Waals surface area contributed by atoms with Gasteiger partial charge < -0.3 is 15.2 Å². The molecule has 2 unspecified atom stereocenters. The predicted octanol–water partition coefficient (Wildman–Crippen LogP) is 1.98. The van der Waals surface area contributed by atoms with Crippen molar-refractivity contribution in [2.75, 3.05) is 5.32 Å². The number of carbonyl (C=O) groups is 2. The van der Waals surface area contributed by atoms with Crippen molar-refractivity contribution in [3.63, 3.8) is 0 Å². The monoisotopic (exact) mass is 261 g/mol. The smallest absolute Gasteiger partial charge is 0.307 e. The summed E-state index contributed by atoms with van der Waals surface area (Å²) < 4.78 is 5.63. The number of carbonyl (C=O) groups excluding carboxylic acids is 1. The van der Waals surface area contributed by atoms with Crippen LogP contribution >= 0.6 is 0 Å². The second-order valence-corrected chi connectivity index (χ2v) is 5.61. The summed E-state index contributed by atoms with van der Waals surface area (Å²) in [4.78, 5) is 22.7. The minimum Gasteiger partial charge on any atom is -0.481 e. The number of carboxylic acids is 1. The van der Waals surface area contributed by atoms with Crippen molar-refractivity contribution >= 4 is 17.6 Å². The highest BCUT2D eigenvalue weighted by atomic mass is 16.5. The largest absolute Gasteiger partial charge is 0.481 e. The summed E-state index contributed by atoms with van der Waals surface area (Å²) in [6.07, 6.45) is 0.661.